The van der Waals surface area contributed by atoms with E-state index in [1.54, 1.807) is 6.07 Å². The molecule has 2 N–H and O–H groups in total. The Morgan fingerprint density at radius 3 is 2.13 bits per heavy atom. The number of morpholine rings is 2. The van der Waals surface area contributed by atoms with Crippen LogP contribution in [0.5, 0.6) is 5.88 Å². The number of aromatic amines is 2. The molecule has 3 aliphatic heterocycles. The summed E-state index contributed by atoms with van der Waals surface area (Å²) in [4.78, 5) is 44.0. The van der Waals surface area contributed by atoms with Gasteiger partial charge in [-0.05, 0) is 6.07 Å². The van der Waals surface area contributed by atoms with Crippen LogP contribution in [-0.4, -0.2) is 67.5 Å². The Bertz CT molecular complexity index is 1130. The number of hydrogen-bond donors (Lipinski definition) is 2. The van der Waals surface area contributed by atoms with Crippen molar-refractivity contribution in [3.8, 4) is 5.88 Å². The summed E-state index contributed by atoms with van der Waals surface area (Å²) in [7, 11) is 0. The van der Waals surface area contributed by atoms with E-state index in [1.807, 2.05) is 4.90 Å². The van der Waals surface area contributed by atoms with Crippen LogP contribution in [0.1, 0.15) is 17.2 Å². The summed E-state index contributed by atoms with van der Waals surface area (Å²) in [6.07, 6.45) is -0.814. The molecule has 2 saturated heterocycles. The van der Waals surface area contributed by atoms with E-state index in [0.29, 0.717) is 63.9 Å². The van der Waals surface area contributed by atoms with Gasteiger partial charge in [0, 0.05) is 43.5 Å². The lowest BCUT2D eigenvalue weighted by Gasteiger charge is -2.36. The molecule has 12 heteroatoms. The van der Waals surface area contributed by atoms with Crippen LogP contribution in [0.3, 0.4) is 0 Å². The molecule has 0 aliphatic carbocycles. The fraction of sp³-hybridized carbons (Fsp3) is 0.474. The standard InChI is InChI=1S/C19H21N5O7/c25-17-15-16(31-18(15)21-19(26)20-17)11-9-14(24(27)28)13(23-3-7-30-8-4-23)10-12(11)22-1-5-29-6-2-22/h9-10,16H,1-8H2,(H2,20,21,25,26). The maximum atomic E-state index is 12.4. The maximum Gasteiger partial charge on any atom is 0.328 e. The number of anilines is 2. The van der Waals surface area contributed by atoms with Gasteiger partial charge in [0.25, 0.3) is 11.2 Å². The summed E-state index contributed by atoms with van der Waals surface area (Å²) in [5, 5.41) is 11.9. The molecule has 4 heterocycles. The Morgan fingerprint density at radius 2 is 1.55 bits per heavy atom. The van der Waals surface area contributed by atoms with E-state index < -0.39 is 22.3 Å². The number of nitro benzene ring substituents is 1. The van der Waals surface area contributed by atoms with Crippen LogP contribution in [0.15, 0.2) is 21.7 Å². The molecule has 2 aromatic rings. The van der Waals surface area contributed by atoms with Crippen molar-refractivity contribution in [2.24, 2.45) is 0 Å². The average molecular weight is 431 g/mol. The first-order valence-corrected chi connectivity index (χ1v) is 10.0. The summed E-state index contributed by atoms with van der Waals surface area (Å²) >= 11 is 0. The van der Waals surface area contributed by atoms with E-state index in [9.17, 15) is 19.7 Å². The molecule has 31 heavy (non-hydrogen) atoms. The van der Waals surface area contributed by atoms with Crippen LogP contribution < -0.4 is 25.8 Å². The summed E-state index contributed by atoms with van der Waals surface area (Å²) in [6.45, 7) is 4.35. The van der Waals surface area contributed by atoms with Crippen LogP contribution in [0, 0.1) is 10.1 Å². The van der Waals surface area contributed by atoms with Gasteiger partial charge in [0.2, 0.25) is 5.88 Å². The largest absolute Gasteiger partial charge is 0.465 e. The average Bonchev–Trinajstić information content (AvgIpc) is 2.76. The number of H-pyrrole nitrogens is 2. The Hall–Kier alpha value is -3.38. The molecule has 1 aromatic carbocycles. The number of nitro groups is 1. The number of nitrogens with zero attached hydrogens (tertiary/aromatic N) is 3. The second-order valence-electron chi connectivity index (χ2n) is 7.50. The van der Waals surface area contributed by atoms with Crippen molar-refractivity contribution < 1.29 is 19.1 Å². The van der Waals surface area contributed by atoms with Crippen molar-refractivity contribution in [2.75, 3.05) is 62.4 Å². The molecule has 3 aliphatic rings. The summed E-state index contributed by atoms with van der Waals surface area (Å²) in [5.41, 5.74) is 0.724. The maximum absolute atomic E-state index is 12.4. The molecular formula is C19H21N5O7. The zero-order valence-electron chi connectivity index (χ0n) is 16.6. The van der Waals surface area contributed by atoms with E-state index in [-0.39, 0.29) is 17.1 Å². The first-order chi connectivity index (χ1) is 15.0. The number of rotatable bonds is 4. The smallest absolute Gasteiger partial charge is 0.328 e. The SMILES string of the molecule is O=c1[nH]c2c(c(=O)[nH]1)C(c1cc([N+](=O)[O-])c(N3CCOCC3)cc1N1CCOCC1)O2. The highest BCUT2D eigenvalue weighted by Crippen LogP contribution is 2.46. The zero-order valence-corrected chi connectivity index (χ0v) is 16.6. The van der Waals surface area contributed by atoms with E-state index in [1.165, 1.54) is 6.07 Å². The molecule has 1 atom stereocenters. The highest BCUT2D eigenvalue weighted by atomic mass is 16.6. The van der Waals surface area contributed by atoms with Crippen LogP contribution in [0.25, 0.3) is 0 Å². The summed E-state index contributed by atoms with van der Waals surface area (Å²) in [5.74, 6) is 0.0894. The molecule has 5 rings (SSSR count). The molecule has 12 nitrogen and oxygen atoms in total. The molecular weight excluding hydrogens is 410 g/mol. The highest BCUT2D eigenvalue weighted by Gasteiger charge is 2.39. The first kappa shape index (κ1) is 19.6. The molecule has 0 amide bonds. The summed E-state index contributed by atoms with van der Waals surface area (Å²) < 4.78 is 16.5. The van der Waals surface area contributed by atoms with Gasteiger partial charge in [0.1, 0.15) is 11.3 Å². The van der Waals surface area contributed by atoms with E-state index in [0.717, 1.165) is 5.69 Å². The van der Waals surface area contributed by atoms with Crippen LogP contribution >= 0.6 is 0 Å². The van der Waals surface area contributed by atoms with Gasteiger partial charge in [0.15, 0.2) is 6.10 Å². The van der Waals surface area contributed by atoms with Crippen molar-refractivity contribution in [2.45, 2.75) is 6.10 Å². The van der Waals surface area contributed by atoms with Gasteiger partial charge in [-0.25, -0.2) is 4.79 Å². The molecule has 2 fully saturated rings. The minimum absolute atomic E-state index is 0.0631. The first-order valence-electron chi connectivity index (χ1n) is 10.0. The van der Waals surface area contributed by atoms with E-state index in [2.05, 4.69) is 14.9 Å². The van der Waals surface area contributed by atoms with Crippen molar-refractivity contribution >= 4 is 17.1 Å². The van der Waals surface area contributed by atoms with Crippen molar-refractivity contribution in [1.82, 2.24) is 9.97 Å². The molecule has 0 bridgehead atoms. The quantitative estimate of drug-likeness (QED) is 0.510. The molecule has 0 spiro atoms. The zero-order chi connectivity index (χ0) is 21.5. The molecule has 0 saturated carbocycles. The fourth-order valence-electron chi connectivity index (χ4n) is 4.22. The van der Waals surface area contributed by atoms with Crippen LogP contribution in [0.4, 0.5) is 17.1 Å². The number of aromatic nitrogens is 2. The van der Waals surface area contributed by atoms with Gasteiger partial charge < -0.3 is 24.0 Å². The number of fused-ring (bicyclic) bond motifs is 1. The third kappa shape index (κ3) is 3.43. The van der Waals surface area contributed by atoms with Gasteiger partial charge >= 0.3 is 5.69 Å². The van der Waals surface area contributed by atoms with Crippen LogP contribution in [-0.2, 0) is 9.47 Å². The van der Waals surface area contributed by atoms with Crippen LogP contribution in [0.2, 0.25) is 0 Å². The molecule has 0 radical (unpaired) electrons. The normalized spacial score (nSPS) is 20.6. The predicted octanol–water partition coefficient (Wildman–Crippen LogP) is 0.126. The number of benzene rings is 1. The van der Waals surface area contributed by atoms with Gasteiger partial charge in [0.05, 0.1) is 31.4 Å². The fourth-order valence-corrected chi connectivity index (χ4v) is 4.22. The minimum atomic E-state index is -0.814. The molecule has 1 unspecified atom stereocenters. The van der Waals surface area contributed by atoms with Crippen molar-refractivity contribution in [3.63, 3.8) is 0 Å². The number of nitrogens with one attached hydrogen (secondary N) is 2. The van der Waals surface area contributed by atoms with Gasteiger partial charge in [-0.3, -0.25) is 24.9 Å². The summed E-state index contributed by atoms with van der Waals surface area (Å²) in [6, 6.07) is 3.28. The lowest BCUT2D eigenvalue weighted by molar-refractivity contribution is -0.384. The van der Waals surface area contributed by atoms with E-state index >= 15 is 0 Å². The molecule has 164 valence electrons. The third-order valence-corrected chi connectivity index (χ3v) is 5.75. The topological polar surface area (TPSA) is 143 Å². The lowest BCUT2D eigenvalue weighted by Crippen LogP contribution is -2.40. The van der Waals surface area contributed by atoms with Crippen molar-refractivity contribution in [3.05, 3.63) is 54.2 Å². The Balaban J connectivity index is 1.65. The molecule has 1 aromatic heterocycles. The Morgan fingerprint density at radius 1 is 0.935 bits per heavy atom. The highest BCUT2D eigenvalue weighted by molar-refractivity contribution is 5.75. The predicted molar refractivity (Wildman–Crippen MR) is 109 cm³/mol. The monoisotopic (exact) mass is 431 g/mol. The Kier molecular flexibility index (Phi) is 4.87. The number of hydrogen-bond acceptors (Lipinski definition) is 9. The third-order valence-electron chi connectivity index (χ3n) is 5.75. The second kappa shape index (κ2) is 7.71. The van der Waals surface area contributed by atoms with E-state index in [4.69, 9.17) is 14.2 Å². The van der Waals surface area contributed by atoms with Gasteiger partial charge in [-0.2, -0.15) is 0 Å². The second-order valence-corrected chi connectivity index (χ2v) is 7.50. The Labute approximate surface area is 175 Å². The lowest BCUT2D eigenvalue weighted by atomic mass is 9.95. The van der Waals surface area contributed by atoms with Crippen molar-refractivity contribution in [1.29, 1.82) is 0 Å². The minimum Gasteiger partial charge on any atom is -0.465 e. The van der Waals surface area contributed by atoms with Gasteiger partial charge in [-0.1, -0.05) is 0 Å². The number of ether oxygens (including phenoxy) is 3. The van der Waals surface area contributed by atoms with Gasteiger partial charge in [-0.15, -0.1) is 0 Å².